The Kier molecular flexibility index (Phi) is 3.49. The summed E-state index contributed by atoms with van der Waals surface area (Å²) in [6.45, 7) is 6.47. The fourth-order valence-corrected chi connectivity index (χ4v) is 1.98. The predicted octanol–water partition coefficient (Wildman–Crippen LogP) is 5.33. The standard InChI is InChI=1S/C15H16ClFO/c1-15(2,3)9-11-5-7-14(18-11)10-4-6-13(17)12(16)8-10/h4-8H,9H2,1-3H3. The second-order valence-corrected chi connectivity index (χ2v) is 6.04. The van der Waals surface area contributed by atoms with E-state index in [1.807, 2.05) is 12.1 Å². The highest BCUT2D eigenvalue weighted by atomic mass is 35.5. The molecule has 0 aliphatic heterocycles. The first-order chi connectivity index (χ1) is 8.35. The Hall–Kier alpha value is -1.28. The quantitative estimate of drug-likeness (QED) is 0.716. The van der Waals surface area contributed by atoms with E-state index in [1.165, 1.54) is 6.07 Å². The van der Waals surface area contributed by atoms with Crippen LogP contribution in [0, 0.1) is 11.2 Å². The van der Waals surface area contributed by atoms with Gasteiger partial charge in [0.15, 0.2) is 0 Å². The Morgan fingerprint density at radius 2 is 1.89 bits per heavy atom. The van der Waals surface area contributed by atoms with Gasteiger partial charge < -0.3 is 4.42 Å². The Labute approximate surface area is 112 Å². The minimum atomic E-state index is -0.415. The molecule has 1 heterocycles. The monoisotopic (exact) mass is 266 g/mol. The first-order valence-corrected chi connectivity index (χ1v) is 6.27. The van der Waals surface area contributed by atoms with Crippen molar-refractivity contribution < 1.29 is 8.81 Å². The van der Waals surface area contributed by atoms with Crippen LogP contribution in [0.4, 0.5) is 4.39 Å². The van der Waals surface area contributed by atoms with Crippen LogP contribution in [0.3, 0.4) is 0 Å². The molecule has 0 fully saturated rings. The molecule has 2 rings (SSSR count). The predicted molar refractivity (Wildman–Crippen MR) is 72.3 cm³/mol. The van der Waals surface area contributed by atoms with Crippen LogP contribution in [0.15, 0.2) is 34.7 Å². The van der Waals surface area contributed by atoms with Gasteiger partial charge in [0.1, 0.15) is 17.3 Å². The average Bonchev–Trinajstić information content (AvgIpc) is 2.68. The summed E-state index contributed by atoms with van der Waals surface area (Å²) in [4.78, 5) is 0. The van der Waals surface area contributed by atoms with Gasteiger partial charge in [-0.15, -0.1) is 0 Å². The zero-order valence-corrected chi connectivity index (χ0v) is 11.5. The highest BCUT2D eigenvalue weighted by molar-refractivity contribution is 6.31. The third kappa shape index (κ3) is 3.14. The Balaban J connectivity index is 2.26. The molecule has 0 atom stereocenters. The Bertz CT molecular complexity index is 552. The van der Waals surface area contributed by atoms with E-state index in [1.54, 1.807) is 12.1 Å². The van der Waals surface area contributed by atoms with Crippen LogP contribution in [0.5, 0.6) is 0 Å². The number of rotatable bonds is 2. The summed E-state index contributed by atoms with van der Waals surface area (Å²) in [7, 11) is 0. The van der Waals surface area contributed by atoms with E-state index in [4.69, 9.17) is 16.0 Å². The van der Waals surface area contributed by atoms with Crippen LogP contribution in [0.1, 0.15) is 26.5 Å². The second-order valence-electron chi connectivity index (χ2n) is 5.63. The van der Waals surface area contributed by atoms with Crippen molar-refractivity contribution in [1.82, 2.24) is 0 Å². The molecule has 0 saturated heterocycles. The summed E-state index contributed by atoms with van der Waals surface area (Å²) in [5.41, 5.74) is 0.969. The first-order valence-electron chi connectivity index (χ1n) is 5.89. The molecule has 96 valence electrons. The van der Waals surface area contributed by atoms with E-state index in [2.05, 4.69) is 20.8 Å². The van der Waals surface area contributed by atoms with Gasteiger partial charge in [0.2, 0.25) is 0 Å². The smallest absolute Gasteiger partial charge is 0.141 e. The first kappa shape index (κ1) is 13.2. The van der Waals surface area contributed by atoms with Gasteiger partial charge in [0, 0.05) is 12.0 Å². The summed E-state index contributed by atoms with van der Waals surface area (Å²) in [5, 5.41) is 0.112. The fourth-order valence-electron chi connectivity index (χ4n) is 1.80. The molecule has 18 heavy (non-hydrogen) atoms. The summed E-state index contributed by atoms with van der Waals surface area (Å²) in [6, 6.07) is 8.45. The molecule has 3 heteroatoms. The van der Waals surface area contributed by atoms with Gasteiger partial charge in [-0.25, -0.2) is 4.39 Å². The van der Waals surface area contributed by atoms with Gasteiger partial charge in [-0.3, -0.25) is 0 Å². The molecular weight excluding hydrogens is 251 g/mol. The molecule has 0 saturated carbocycles. The summed E-state index contributed by atoms with van der Waals surface area (Å²) in [5.74, 6) is 1.23. The van der Waals surface area contributed by atoms with Gasteiger partial charge >= 0.3 is 0 Å². The minimum Gasteiger partial charge on any atom is -0.461 e. The fraction of sp³-hybridized carbons (Fsp3) is 0.333. The van der Waals surface area contributed by atoms with Crippen molar-refractivity contribution in [2.75, 3.05) is 0 Å². The van der Waals surface area contributed by atoms with Crippen molar-refractivity contribution in [2.24, 2.45) is 5.41 Å². The number of benzene rings is 1. The van der Waals surface area contributed by atoms with Gasteiger partial charge in [0.05, 0.1) is 5.02 Å². The van der Waals surface area contributed by atoms with Crippen molar-refractivity contribution in [2.45, 2.75) is 27.2 Å². The lowest BCUT2D eigenvalue weighted by Crippen LogP contribution is -2.08. The van der Waals surface area contributed by atoms with Crippen molar-refractivity contribution in [1.29, 1.82) is 0 Å². The highest BCUT2D eigenvalue weighted by Gasteiger charge is 2.15. The number of halogens is 2. The van der Waals surface area contributed by atoms with Gasteiger partial charge in [0.25, 0.3) is 0 Å². The summed E-state index contributed by atoms with van der Waals surface area (Å²) in [6.07, 6.45) is 0.863. The van der Waals surface area contributed by atoms with E-state index in [9.17, 15) is 4.39 Å². The Morgan fingerprint density at radius 1 is 1.17 bits per heavy atom. The molecule has 0 spiro atoms. The highest BCUT2D eigenvalue weighted by Crippen LogP contribution is 2.29. The summed E-state index contributed by atoms with van der Waals surface area (Å²) < 4.78 is 18.8. The van der Waals surface area contributed by atoms with Crippen LogP contribution >= 0.6 is 11.6 Å². The molecule has 1 nitrogen and oxygen atoms in total. The Morgan fingerprint density at radius 3 is 2.50 bits per heavy atom. The van der Waals surface area contributed by atoms with Crippen LogP contribution in [-0.2, 0) is 6.42 Å². The topological polar surface area (TPSA) is 13.1 Å². The van der Waals surface area contributed by atoms with E-state index in [0.29, 0.717) is 0 Å². The molecule has 0 N–H and O–H groups in total. The number of furan rings is 1. The molecule has 0 unspecified atom stereocenters. The number of hydrogen-bond donors (Lipinski definition) is 0. The third-order valence-electron chi connectivity index (χ3n) is 2.57. The van der Waals surface area contributed by atoms with Crippen molar-refractivity contribution in [3.05, 3.63) is 46.9 Å². The third-order valence-corrected chi connectivity index (χ3v) is 2.86. The van der Waals surface area contributed by atoms with Crippen molar-refractivity contribution in [3.63, 3.8) is 0 Å². The van der Waals surface area contributed by atoms with E-state index in [0.717, 1.165) is 23.5 Å². The molecular formula is C15H16ClFO. The lowest BCUT2D eigenvalue weighted by atomic mass is 9.91. The lowest BCUT2D eigenvalue weighted by Gasteiger charge is -2.15. The average molecular weight is 267 g/mol. The van der Waals surface area contributed by atoms with E-state index < -0.39 is 5.82 Å². The minimum absolute atomic E-state index is 0.112. The zero-order chi connectivity index (χ0) is 13.3. The summed E-state index contributed by atoms with van der Waals surface area (Å²) >= 11 is 5.76. The molecule has 0 amide bonds. The molecule has 0 aliphatic rings. The van der Waals surface area contributed by atoms with Gasteiger partial charge in [-0.2, -0.15) is 0 Å². The normalized spacial score (nSPS) is 11.8. The van der Waals surface area contributed by atoms with Gasteiger partial charge in [-0.05, 0) is 35.7 Å². The van der Waals surface area contributed by atoms with E-state index in [-0.39, 0.29) is 10.4 Å². The maximum atomic E-state index is 13.1. The zero-order valence-electron chi connectivity index (χ0n) is 10.8. The molecule has 1 aromatic heterocycles. The molecule has 2 aromatic rings. The van der Waals surface area contributed by atoms with Crippen LogP contribution < -0.4 is 0 Å². The molecule has 0 bridgehead atoms. The SMILES string of the molecule is CC(C)(C)Cc1ccc(-c2ccc(F)c(Cl)c2)o1. The molecule has 0 aliphatic carbocycles. The van der Waals surface area contributed by atoms with Gasteiger partial charge in [-0.1, -0.05) is 32.4 Å². The maximum Gasteiger partial charge on any atom is 0.141 e. The lowest BCUT2D eigenvalue weighted by molar-refractivity contribution is 0.366. The maximum absolute atomic E-state index is 13.1. The second kappa shape index (κ2) is 4.77. The van der Waals surface area contributed by atoms with Crippen LogP contribution in [0.2, 0.25) is 5.02 Å². The molecule has 1 aromatic carbocycles. The largest absolute Gasteiger partial charge is 0.461 e. The molecule has 0 radical (unpaired) electrons. The van der Waals surface area contributed by atoms with Crippen LogP contribution in [-0.4, -0.2) is 0 Å². The van der Waals surface area contributed by atoms with E-state index >= 15 is 0 Å². The number of hydrogen-bond acceptors (Lipinski definition) is 1. The van der Waals surface area contributed by atoms with Crippen LogP contribution in [0.25, 0.3) is 11.3 Å². The van der Waals surface area contributed by atoms with Crippen molar-refractivity contribution >= 4 is 11.6 Å². The van der Waals surface area contributed by atoms with Crippen molar-refractivity contribution in [3.8, 4) is 11.3 Å².